The minimum Gasteiger partial charge on any atom is -0.300 e. The SMILES string of the molecule is CC(=O)Cc1ccc(C)cc1.O=S=O. The van der Waals surface area contributed by atoms with Crippen LogP contribution in [0, 0.1) is 6.92 Å². The Balaban J connectivity index is 0.000000500. The molecule has 3 nitrogen and oxygen atoms in total. The summed E-state index contributed by atoms with van der Waals surface area (Å²) in [5, 5.41) is 0. The first kappa shape index (κ1) is 12.7. The van der Waals surface area contributed by atoms with E-state index in [4.69, 9.17) is 8.42 Å². The molecule has 0 amide bonds. The number of carbonyl (C=O) groups is 1. The molecule has 0 bridgehead atoms. The Labute approximate surface area is 86.7 Å². The lowest BCUT2D eigenvalue weighted by Gasteiger charge is -1.96. The van der Waals surface area contributed by atoms with Crippen molar-refractivity contribution in [1.29, 1.82) is 0 Å². The molecule has 0 atom stereocenters. The third kappa shape index (κ3) is 6.25. The van der Waals surface area contributed by atoms with Crippen molar-refractivity contribution >= 4 is 17.4 Å². The summed E-state index contributed by atoms with van der Waals surface area (Å²) in [6.45, 7) is 3.65. The summed E-state index contributed by atoms with van der Waals surface area (Å²) in [6.07, 6.45) is 0.556. The lowest BCUT2D eigenvalue weighted by molar-refractivity contribution is -0.116. The summed E-state index contributed by atoms with van der Waals surface area (Å²) < 4.78 is 16.6. The summed E-state index contributed by atoms with van der Waals surface area (Å²) in [4.78, 5) is 10.7. The van der Waals surface area contributed by atoms with E-state index in [1.165, 1.54) is 5.56 Å². The van der Waals surface area contributed by atoms with Crippen LogP contribution >= 0.6 is 0 Å². The van der Waals surface area contributed by atoms with E-state index in [-0.39, 0.29) is 5.78 Å². The molecule has 4 heteroatoms. The minimum absolute atomic E-state index is 0.217. The second-order valence-electron chi connectivity index (χ2n) is 2.93. The highest BCUT2D eigenvalue weighted by molar-refractivity contribution is 7.51. The molecule has 0 fully saturated rings. The average molecular weight is 212 g/mol. The Hall–Kier alpha value is -1.29. The molecule has 1 aromatic carbocycles. The van der Waals surface area contributed by atoms with Gasteiger partial charge in [-0.2, -0.15) is 8.42 Å². The number of ketones is 1. The van der Waals surface area contributed by atoms with Gasteiger partial charge in [0.15, 0.2) is 0 Å². The van der Waals surface area contributed by atoms with Crippen molar-refractivity contribution in [2.24, 2.45) is 0 Å². The first-order chi connectivity index (χ1) is 6.60. The normalized spacial score (nSPS) is 8.43. The maximum atomic E-state index is 10.7. The van der Waals surface area contributed by atoms with Gasteiger partial charge in [0.1, 0.15) is 5.78 Å². The van der Waals surface area contributed by atoms with Gasteiger partial charge in [-0.05, 0) is 19.4 Å². The van der Waals surface area contributed by atoms with Crippen molar-refractivity contribution in [2.75, 3.05) is 0 Å². The van der Waals surface area contributed by atoms with Gasteiger partial charge in [0.05, 0.1) is 0 Å². The van der Waals surface area contributed by atoms with Gasteiger partial charge in [0, 0.05) is 6.42 Å². The monoisotopic (exact) mass is 212 g/mol. The third-order valence-corrected chi connectivity index (χ3v) is 1.57. The summed E-state index contributed by atoms with van der Waals surface area (Å²) in [5.41, 5.74) is 2.33. The van der Waals surface area contributed by atoms with Crippen molar-refractivity contribution in [2.45, 2.75) is 20.3 Å². The van der Waals surface area contributed by atoms with Crippen molar-refractivity contribution in [3.05, 3.63) is 35.4 Å². The third-order valence-electron chi connectivity index (χ3n) is 1.57. The molecule has 1 rings (SSSR count). The number of hydrogen-bond acceptors (Lipinski definition) is 3. The maximum absolute atomic E-state index is 10.7. The largest absolute Gasteiger partial charge is 0.335 e. The molecule has 0 heterocycles. The molecule has 0 aliphatic carbocycles. The van der Waals surface area contributed by atoms with Gasteiger partial charge >= 0.3 is 11.6 Å². The predicted molar refractivity (Wildman–Crippen MR) is 54.5 cm³/mol. The van der Waals surface area contributed by atoms with Crippen molar-refractivity contribution < 1.29 is 13.2 Å². The van der Waals surface area contributed by atoms with Crippen LogP contribution in [0.3, 0.4) is 0 Å². The van der Waals surface area contributed by atoms with Crippen LogP contribution in [0.15, 0.2) is 24.3 Å². The van der Waals surface area contributed by atoms with Crippen LogP contribution in [-0.2, 0) is 22.8 Å². The van der Waals surface area contributed by atoms with E-state index < -0.39 is 11.6 Å². The average Bonchev–Trinajstić information content (AvgIpc) is 2.09. The van der Waals surface area contributed by atoms with Gasteiger partial charge in [-0.3, -0.25) is 4.79 Å². The van der Waals surface area contributed by atoms with E-state index >= 15 is 0 Å². The molecule has 0 saturated heterocycles. The van der Waals surface area contributed by atoms with Crippen LogP contribution < -0.4 is 0 Å². The zero-order valence-corrected chi connectivity index (χ0v) is 8.97. The summed E-state index contributed by atoms with van der Waals surface area (Å²) >= 11 is -0.750. The Kier molecular flexibility index (Phi) is 6.49. The van der Waals surface area contributed by atoms with Crippen molar-refractivity contribution in [3.8, 4) is 0 Å². The fourth-order valence-electron chi connectivity index (χ4n) is 0.993. The first-order valence-corrected chi connectivity index (χ1v) is 4.73. The number of benzene rings is 1. The molecular weight excluding hydrogens is 200 g/mol. The molecule has 0 aliphatic rings. The van der Waals surface area contributed by atoms with Gasteiger partial charge in [-0.25, -0.2) is 0 Å². The van der Waals surface area contributed by atoms with E-state index in [0.717, 1.165) is 5.56 Å². The van der Waals surface area contributed by atoms with Gasteiger partial charge in [-0.15, -0.1) is 0 Å². The van der Waals surface area contributed by atoms with Crippen molar-refractivity contribution in [1.82, 2.24) is 0 Å². The molecule has 1 aromatic rings. The van der Waals surface area contributed by atoms with Crippen LogP contribution in [0.5, 0.6) is 0 Å². The van der Waals surface area contributed by atoms with E-state index in [1.54, 1.807) is 6.92 Å². The topological polar surface area (TPSA) is 51.2 Å². The molecule has 0 aromatic heterocycles. The molecule has 76 valence electrons. The number of aryl methyl sites for hydroxylation is 1. The Morgan fingerprint density at radius 2 is 1.64 bits per heavy atom. The standard InChI is InChI=1S/C10H12O.O2S/c1-8-3-5-10(6-4-8)7-9(2)11;1-3-2/h3-6H,7H2,1-2H3;. The second kappa shape index (κ2) is 7.15. The van der Waals surface area contributed by atoms with Crippen LogP contribution in [0.4, 0.5) is 0 Å². The van der Waals surface area contributed by atoms with Crippen LogP contribution in [0.25, 0.3) is 0 Å². The zero-order chi connectivity index (χ0) is 11.0. The second-order valence-corrected chi connectivity index (χ2v) is 3.07. The highest BCUT2D eigenvalue weighted by atomic mass is 32.1. The van der Waals surface area contributed by atoms with E-state index in [0.29, 0.717) is 6.42 Å². The lowest BCUT2D eigenvalue weighted by atomic mass is 10.1. The first-order valence-electron chi connectivity index (χ1n) is 4.07. The molecule has 0 N–H and O–H groups in total. The highest BCUT2D eigenvalue weighted by Gasteiger charge is 1.95. The predicted octanol–water partition coefficient (Wildman–Crippen LogP) is 1.46. The van der Waals surface area contributed by atoms with E-state index in [2.05, 4.69) is 0 Å². The summed E-state index contributed by atoms with van der Waals surface area (Å²) in [5.74, 6) is 0.217. The Morgan fingerprint density at radius 1 is 1.21 bits per heavy atom. The van der Waals surface area contributed by atoms with Gasteiger partial charge in [0.2, 0.25) is 0 Å². The van der Waals surface area contributed by atoms with Crippen LogP contribution in [0.1, 0.15) is 18.1 Å². The molecule has 0 saturated carbocycles. The van der Waals surface area contributed by atoms with Crippen molar-refractivity contribution in [3.63, 3.8) is 0 Å². The highest BCUT2D eigenvalue weighted by Crippen LogP contribution is 2.03. The quantitative estimate of drug-likeness (QED) is 0.745. The molecule has 0 spiro atoms. The molecule has 0 aliphatic heterocycles. The minimum atomic E-state index is -0.750. The molecular formula is C10H12O3S. The van der Waals surface area contributed by atoms with Gasteiger partial charge in [0.25, 0.3) is 0 Å². The van der Waals surface area contributed by atoms with E-state index in [9.17, 15) is 4.79 Å². The van der Waals surface area contributed by atoms with Crippen LogP contribution in [0.2, 0.25) is 0 Å². The zero-order valence-electron chi connectivity index (χ0n) is 8.15. The molecule has 14 heavy (non-hydrogen) atoms. The molecule has 0 unspecified atom stereocenters. The van der Waals surface area contributed by atoms with E-state index in [1.807, 2.05) is 31.2 Å². The Bertz CT molecular complexity index is 324. The number of hydrogen-bond donors (Lipinski definition) is 0. The van der Waals surface area contributed by atoms with Gasteiger partial charge in [-0.1, -0.05) is 29.8 Å². The Morgan fingerprint density at radius 3 is 2.00 bits per heavy atom. The number of rotatable bonds is 2. The smallest absolute Gasteiger partial charge is 0.300 e. The lowest BCUT2D eigenvalue weighted by Crippen LogP contribution is -1.95. The number of carbonyl (C=O) groups excluding carboxylic acids is 1. The van der Waals surface area contributed by atoms with Crippen LogP contribution in [-0.4, -0.2) is 14.2 Å². The molecule has 0 radical (unpaired) electrons. The number of Topliss-reactive ketones (excluding diaryl/α,β-unsaturated/α-hetero) is 1. The fraction of sp³-hybridized carbons (Fsp3) is 0.300. The maximum Gasteiger partial charge on any atom is 0.335 e. The van der Waals surface area contributed by atoms with Gasteiger partial charge < -0.3 is 0 Å². The summed E-state index contributed by atoms with van der Waals surface area (Å²) in [6, 6.07) is 8.05. The fourth-order valence-corrected chi connectivity index (χ4v) is 0.993. The summed E-state index contributed by atoms with van der Waals surface area (Å²) in [7, 11) is 0.